The summed E-state index contributed by atoms with van der Waals surface area (Å²) in [6, 6.07) is 9.67. The largest absolute Gasteiger partial charge is 0.373 e. The second kappa shape index (κ2) is 9.72. The zero-order chi connectivity index (χ0) is 21.8. The minimum absolute atomic E-state index is 0.0390. The number of pyridine rings is 1. The zero-order valence-corrected chi connectivity index (χ0v) is 19.2. The van der Waals surface area contributed by atoms with Gasteiger partial charge in [0.25, 0.3) is 0 Å². The number of aromatic nitrogens is 3. The lowest BCUT2D eigenvalue weighted by Gasteiger charge is -2.12. The highest BCUT2D eigenvalue weighted by Crippen LogP contribution is 2.36. The van der Waals surface area contributed by atoms with Gasteiger partial charge in [0.2, 0.25) is 5.95 Å². The molecule has 1 atom stereocenters. The molecule has 0 fully saturated rings. The molecule has 3 heterocycles. The van der Waals surface area contributed by atoms with Crippen LogP contribution < -0.4 is 16.0 Å². The maximum atomic E-state index is 6.19. The number of hydrogen-bond donors (Lipinski definition) is 4. The number of anilines is 4. The van der Waals surface area contributed by atoms with Crippen LogP contribution in [0.3, 0.4) is 0 Å². The van der Waals surface area contributed by atoms with E-state index in [2.05, 4.69) is 57.5 Å². The third kappa shape index (κ3) is 5.58. The third-order valence-electron chi connectivity index (χ3n) is 4.94. The molecule has 0 bridgehead atoms. The van der Waals surface area contributed by atoms with Gasteiger partial charge >= 0.3 is 0 Å². The number of benzene rings is 1. The molecule has 0 spiro atoms. The lowest BCUT2D eigenvalue weighted by atomic mass is 10.1. The molecule has 0 radical (unpaired) electrons. The fourth-order valence-corrected chi connectivity index (χ4v) is 3.95. The van der Waals surface area contributed by atoms with Crippen LogP contribution >= 0.6 is 24.2 Å². The Morgan fingerprint density at radius 3 is 2.84 bits per heavy atom. The Labute approximate surface area is 193 Å². The van der Waals surface area contributed by atoms with Gasteiger partial charge in [-0.1, -0.05) is 11.6 Å². The molecule has 1 aliphatic heterocycles. The topological polar surface area (TPSA) is 78.0 Å². The van der Waals surface area contributed by atoms with Crippen molar-refractivity contribution in [3.8, 4) is 11.3 Å². The highest BCUT2D eigenvalue weighted by molar-refractivity contribution is 7.81. The molecule has 0 saturated heterocycles. The van der Waals surface area contributed by atoms with Crippen LogP contribution in [0.1, 0.15) is 12.0 Å². The highest BCUT2D eigenvalue weighted by Gasteiger charge is 2.21. The average Bonchev–Trinajstić information content (AvgIpc) is 2.87. The molecule has 0 saturated carbocycles. The Hall–Kier alpha value is -2.55. The van der Waals surface area contributed by atoms with Gasteiger partial charge in [-0.25, -0.2) is 15.0 Å². The molecule has 1 aromatic carbocycles. The first-order valence-electron chi connectivity index (χ1n) is 10.2. The molecule has 1 unspecified atom stereocenters. The Morgan fingerprint density at radius 2 is 2.06 bits per heavy atom. The number of rotatable bonds is 7. The minimum Gasteiger partial charge on any atom is -0.373 e. The van der Waals surface area contributed by atoms with Gasteiger partial charge in [-0.15, -0.1) is 0 Å². The molecule has 3 aromatic rings. The SMILES string of the molecule is CN(C)CCCNc1ccc(Nc2ncc3c(n2)-c2ccc(Cl)cc2NC(S)C3)cn1. The van der Waals surface area contributed by atoms with E-state index in [4.69, 9.17) is 16.6 Å². The Morgan fingerprint density at radius 1 is 1.19 bits per heavy atom. The lowest BCUT2D eigenvalue weighted by molar-refractivity contribution is 0.405. The Kier molecular flexibility index (Phi) is 6.80. The number of nitrogens with one attached hydrogen (secondary N) is 3. The molecule has 2 aromatic heterocycles. The van der Waals surface area contributed by atoms with Gasteiger partial charge in [0.05, 0.1) is 23.0 Å². The molecule has 31 heavy (non-hydrogen) atoms. The smallest absolute Gasteiger partial charge is 0.227 e. The van der Waals surface area contributed by atoms with Crippen LogP contribution in [-0.2, 0) is 6.42 Å². The molecular weight excluding hydrogens is 430 g/mol. The highest BCUT2D eigenvalue weighted by atomic mass is 35.5. The molecule has 9 heteroatoms. The summed E-state index contributed by atoms with van der Waals surface area (Å²) in [5.41, 5.74) is 4.64. The Bertz CT molecular complexity index is 1040. The monoisotopic (exact) mass is 455 g/mol. The summed E-state index contributed by atoms with van der Waals surface area (Å²) in [4.78, 5) is 15.9. The number of nitrogens with zero attached hydrogens (tertiary/aromatic N) is 4. The van der Waals surface area contributed by atoms with Gasteiger partial charge in [0, 0.05) is 35.4 Å². The molecule has 1 aliphatic rings. The average molecular weight is 456 g/mol. The molecule has 0 amide bonds. The lowest BCUT2D eigenvalue weighted by Crippen LogP contribution is -2.16. The van der Waals surface area contributed by atoms with E-state index in [9.17, 15) is 0 Å². The summed E-state index contributed by atoms with van der Waals surface area (Å²) in [7, 11) is 4.15. The summed E-state index contributed by atoms with van der Waals surface area (Å²) in [6.07, 6.45) is 5.41. The van der Waals surface area contributed by atoms with Crippen molar-refractivity contribution in [3.63, 3.8) is 0 Å². The van der Waals surface area contributed by atoms with Gasteiger partial charge in [-0.05, 0) is 63.0 Å². The zero-order valence-electron chi connectivity index (χ0n) is 17.6. The Balaban J connectivity index is 1.49. The van der Waals surface area contributed by atoms with E-state index < -0.39 is 0 Å². The van der Waals surface area contributed by atoms with Crippen LogP contribution in [0.4, 0.5) is 23.1 Å². The summed E-state index contributed by atoms with van der Waals surface area (Å²) < 4.78 is 0. The van der Waals surface area contributed by atoms with Gasteiger partial charge in [-0.2, -0.15) is 12.6 Å². The van der Waals surface area contributed by atoms with Crippen LogP contribution in [0.5, 0.6) is 0 Å². The first-order chi connectivity index (χ1) is 15.0. The van der Waals surface area contributed by atoms with E-state index in [1.54, 1.807) is 6.20 Å². The first-order valence-corrected chi connectivity index (χ1v) is 11.1. The van der Waals surface area contributed by atoms with Crippen molar-refractivity contribution in [2.75, 3.05) is 43.1 Å². The van der Waals surface area contributed by atoms with Crippen LogP contribution in [0.25, 0.3) is 11.3 Å². The van der Waals surface area contributed by atoms with Crippen molar-refractivity contribution in [3.05, 3.63) is 53.3 Å². The van der Waals surface area contributed by atoms with Crippen LogP contribution in [0.2, 0.25) is 5.02 Å². The van der Waals surface area contributed by atoms with E-state index in [0.717, 1.165) is 53.5 Å². The van der Waals surface area contributed by atoms with Crippen molar-refractivity contribution >= 4 is 47.4 Å². The summed E-state index contributed by atoms with van der Waals surface area (Å²) in [6.45, 7) is 1.93. The quantitative estimate of drug-likeness (QED) is 0.308. The van der Waals surface area contributed by atoms with Crippen LogP contribution in [-0.4, -0.2) is 52.4 Å². The van der Waals surface area contributed by atoms with Crippen molar-refractivity contribution < 1.29 is 0 Å². The van der Waals surface area contributed by atoms with E-state index in [0.29, 0.717) is 17.4 Å². The van der Waals surface area contributed by atoms with E-state index in [1.165, 1.54) is 0 Å². The predicted molar refractivity (Wildman–Crippen MR) is 132 cm³/mol. The first kappa shape index (κ1) is 21.7. The van der Waals surface area contributed by atoms with Crippen LogP contribution in [0.15, 0.2) is 42.7 Å². The van der Waals surface area contributed by atoms with E-state index in [1.807, 2.05) is 36.5 Å². The number of hydrogen-bond acceptors (Lipinski definition) is 8. The minimum atomic E-state index is -0.0390. The standard InChI is InChI=1S/C22H26ClN7S/c1-30(2)9-3-8-24-19-7-5-16(13-25-19)27-22-26-12-14-10-20(31)28-18-11-15(23)4-6-17(18)21(14)29-22/h4-7,11-13,20,28,31H,3,8-10H2,1-2H3,(H,24,25)(H,26,27,29). The molecular formula is C22H26ClN7S. The predicted octanol–water partition coefficient (Wildman–Crippen LogP) is 4.52. The second-order valence-corrected chi connectivity index (χ2v) is 8.82. The summed E-state index contributed by atoms with van der Waals surface area (Å²) in [5, 5.41) is 10.6. The van der Waals surface area contributed by atoms with E-state index in [-0.39, 0.29) is 5.37 Å². The van der Waals surface area contributed by atoms with Gasteiger partial charge in [0.1, 0.15) is 5.82 Å². The molecule has 3 N–H and O–H groups in total. The molecule has 0 aliphatic carbocycles. The van der Waals surface area contributed by atoms with Gasteiger partial charge in [-0.3, -0.25) is 0 Å². The molecule has 4 rings (SSSR count). The summed E-state index contributed by atoms with van der Waals surface area (Å²) >= 11 is 10.8. The van der Waals surface area contributed by atoms with Crippen LogP contribution in [0, 0.1) is 0 Å². The second-order valence-electron chi connectivity index (χ2n) is 7.76. The normalized spacial score (nSPS) is 14.9. The fraction of sp³-hybridized carbons (Fsp3) is 0.318. The van der Waals surface area contributed by atoms with Crippen molar-refractivity contribution in [2.24, 2.45) is 0 Å². The maximum Gasteiger partial charge on any atom is 0.227 e. The third-order valence-corrected chi connectivity index (χ3v) is 5.49. The fourth-order valence-electron chi connectivity index (χ4n) is 3.44. The van der Waals surface area contributed by atoms with Crippen molar-refractivity contribution in [2.45, 2.75) is 18.2 Å². The number of thiol groups is 1. The molecule has 162 valence electrons. The van der Waals surface area contributed by atoms with Crippen molar-refractivity contribution in [1.82, 2.24) is 19.9 Å². The summed E-state index contributed by atoms with van der Waals surface area (Å²) in [5.74, 6) is 1.37. The van der Waals surface area contributed by atoms with Gasteiger partial charge < -0.3 is 20.9 Å². The van der Waals surface area contributed by atoms with E-state index >= 15 is 0 Å². The van der Waals surface area contributed by atoms with Crippen molar-refractivity contribution in [1.29, 1.82) is 0 Å². The van der Waals surface area contributed by atoms with Gasteiger partial charge in [0.15, 0.2) is 0 Å². The maximum absolute atomic E-state index is 6.19. The number of halogens is 1. The number of fused-ring (bicyclic) bond motifs is 3. The molecule has 7 nitrogen and oxygen atoms in total.